The molecule has 2 fully saturated rings. The van der Waals surface area contributed by atoms with Crippen molar-refractivity contribution in [1.29, 1.82) is 0 Å². The van der Waals surface area contributed by atoms with Crippen LogP contribution in [0.3, 0.4) is 0 Å². The van der Waals surface area contributed by atoms with Crippen molar-refractivity contribution in [3.05, 3.63) is 35.9 Å². The predicted molar refractivity (Wildman–Crippen MR) is 77.3 cm³/mol. The minimum Gasteiger partial charge on any atom is -0.376 e. The van der Waals surface area contributed by atoms with Crippen LogP contribution in [0.5, 0.6) is 0 Å². The van der Waals surface area contributed by atoms with Gasteiger partial charge < -0.3 is 28.4 Å². The summed E-state index contributed by atoms with van der Waals surface area (Å²) in [6.45, 7) is 0.417. The van der Waals surface area contributed by atoms with Crippen molar-refractivity contribution < 1.29 is 28.4 Å². The zero-order valence-corrected chi connectivity index (χ0v) is 13.0. The van der Waals surface area contributed by atoms with E-state index in [4.69, 9.17) is 28.4 Å². The van der Waals surface area contributed by atoms with Crippen LogP contribution >= 0.6 is 0 Å². The van der Waals surface area contributed by atoms with E-state index in [2.05, 4.69) is 0 Å². The predicted octanol–water partition coefficient (Wildman–Crippen LogP) is 1.50. The van der Waals surface area contributed by atoms with Gasteiger partial charge in [0, 0.05) is 26.9 Å². The highest BCUT2D eigenvalue weighted by Crippen LogP contribution is 2.35. The quantitative estimate of drug-likeness (QED) is 0.840. The maximum absolute atomic E-state index is 6.10. The normalized spacial score (nSPS) is 38.5. The third kappa shape index (κ3) is 2.90. The Labute approximate surface area is 130 Å². The van der Waals surface area contributed by atoms with Gasteiger partial charge in [0.1, 0.15) is 24.4 Å². The van der Waals surface area contributed by atoms with Crippen molar-refractivity contribution in [2.75, 3.05) is 27.9 Å². The molecule has 6 heteroatoms. The van der Waals surface area contributed by atoms with Gasteiger partial charge in [0.25, 0.3) is 0 Å². The molecule has 0 amide bonds. The summed E-state index contributed by atoms with van der Waals surface area (Å²) in [5.41, 5.74) is 0.971. The molecule has 2 saturated heterocycles. The fourth-order valence-electron chi connectivity index (χ4n) is 3.03. The molecule has 2 aliphatic heterocycles. The van der Waals surface area contributed by atoms with Crippen LogP contribution in [0.1, 0.15) is 11.9 Å². The number of hydrogen-bond acceptors (Lipinski definition) is 6. The van der Waals surface area contributed by atoms with Gasteiger partial charge in [0.2, 0.25) is 0 Å². The maximum atomic E-state index is 6.10. The monoisotopic (exact) mass is 310 g/mol. The highest BCUT2D eigenvalue weighted by atomic mass is 16.8. The standard InChI is InChI=1S/C16H22O6/c1-17-13-12-11(21-16(19-3)14(13)18-2)9-20-15(22-12)10-7-5-4-6-8-10/h4-8,11-16H,9H2,1-3H3/t11?,12-,13+,14-,15-,16+/m1/s1. The van der Waals surface area contributed by atoms with Crippen LogP contribution in [0.25, 0.3) is 0 Å². The number of fused-ring (bicyclic) bond motifs is 1. The first-order valence-corrected chi connectivity index (χ1v) is 7.34. The zero-order chi connectivity index (χ0) is 15.5. The third-order valence-corrected chi connectivity index (χ3v) is 4.13. The van der Waals surface area contributed by atoms with Crippen LogP contribution in [-0.2, 0) is 28.4 Å². The second-order valence-corrected chi connectivity index (χ2v) is 5.36. The average molecular weight is 310 g/mol. The SMILES string of the molecule is CO[C@H]1OC2CO[C@@H](c3ccccc3)O[C@H]2[C@H](OC)[C@H]1OC. The molecule has 0 saturated carbocycles. The number of methoxy groups -OCH3 is 3. The van der Waals surface area contributed by atoms with E-state index in [1.807, 2.05) is 30.3 Å². The molecule has 1 aromatic rings. The minimum absolute atomic E-state index is 0.249. The van der Waals surface area contributed by atoms with Crippen molar-refractivity contribution >= 4 is 0 Å². The van der Waals surface area contributed by atoms with E-state index in [1.165, 1.54) is 0 Å². The van der Waals surface area contributed by atoms with Crippen LogP contribution in [0.4, 0.5) is 0 Å². The molecule has 0 bridgehead atoms. The number of ether oxygens (including phenoxy) is 6. The van der Waals surface area contributed by atoms with Crippen LogP contribution in [0, 0.1) is 0 Å². The number of hydrogen-bond donors (Lipinski definition) is 0. The highest BCUT2D eigenvalue weighted by molar-refractivity contribution is 5.16. The molecule has 0 spiro atoms. The Balaban J connectivity index is 1.79. The van der Waals surface area contributed by atoms with Gasteiger partial charge in [-0.15, -0.1) is 0 Å². The minimum atomic E-state index is -0.503. The Morgan fingerprint density at radius 3 is 2.27 bits per heavy atom. The molecular weight excluding hydrogens is 288 g/mol. The van der Waals surface area contributed by atoms with Crippen molar-refractivity contribution in [3.63, 3.8) is 0 Å². The second kappa shape index (κ2) is 7.04. The molecule has 6 nitrogen and oxygen atoms in total. The van der Waals surface area contributed by atoms with Gasteiger partial charge in [0.05, 0.1) is 6.61 Å². The molecule has 0 N–H and O–H groups in total. The van der Waals surface area contributed by atoms with Gasteiger partial charge in [-0.3, -0.25) is 0 Å². The van der Waals surface area contributed by atoms with Gasteiger partial charge in [-0.2, -0.15) is 0 Å². The topological polar surface area (TPSA) is 55.4 Å². The lowest BCUT2D eigenvalue weighted by atomic mass is 9.97. The molecule has 2 aliphatic rings. The molecule has 1 unspecified atom stereocenters. The third-order valence-electron chi connectivity index (χ3n) is 4.13. The van der Waals surface area contributed by atoms with E-state index >= 15 is 0 Å². The van der Waals surface area contributed by atoms with E-state index in [1.54, 1.807) is 21.3 Å². The largest absolute Gasteiger partial charge is 0.376 e. The first-order chi connectivity index (χ1) is 10.8. The maximum Gasteiger partial charge on any atom is 0.186 e. The number of rotatable bonds is 4. The van der Waals surface area contributed by atoms with Crippen LogP contribution < -0.4 is 0 Å². The highest BCUT2D eigenvalue weighted by Gasteiger charge is 2.50. The Morgan fingerprint density at radius 1 is 0.909 bits per heavy atom. The lowest BCUT2D eigenvalue weighted by molar-refractivity contribution is -0.363. The molecular formula is C16H22O6. The second-order valence-electron chi connectivity index (χ2n) is 5.36. The summed E-state index contributed by atoms with van der Waals surface area (Å²) in [4.78, 5) is 0. The smallest absolute Gasteiger partial charge is 0.186 e. The summed E-state index contributed by atoms with van der Waals surface area (Å²) in [5, 5.41) is 0. The van der Waals surface area contributed by atoms with E-state index in [0.29, 0.717) is 6.61 Å². The fourth-order valence-corrected chi connectivity index (χ4v) is 3.03. The van der Waals surface area contributed by atoms with E-state index in [0.717, 1.165) is 5.56 Å². The average Bonchev–Trinajstić information content (AvgIpc) is 2.60. The molecule has 122 valence electrons. The van der Waals surface area contributed by atoms with Gasteiger partial charge in [0.15, 0.2) is 12.6 Å². The number of benzene rings is 1. The zero-order valence-electron chi connectivity index (χ0n) is 13.0. The summed E-state index contributed by atoms with van der Waals surface area (Å²) in [6.07, 6.45) is -2.10. The van der Waals surface area contributed by atoms with Crippen molar-refractivity contribution in [3.8, 4) is 0 Å². The molecule has 1 aromatic carbocycles. The van der Waals surface area contributed by atoms with E-state index < -0.39 is 12.6 Å². The molecule has 0 radical (unpaired) electrons. The lowest BCUT2D eigenvalue weighted by Crippen LogP contribution is -2.63. The summed E-state index contributed by atoms with van der Waals surface area (Å²) in [6, 6.07) is 9.82. The summed E-state index contributed by atoms with van der Waals surface area (Å²) >= 11 is 0. The first kappa shape index (κ1) is 15.9. The molecule has 0 aromatic heterocycles. The fraction of sp³-hybridized carbons (Fsp3) is 0.625. The van der Waals surface area contributed by atoms with Gasteiger partial charge in [-0.1, -0.05) is 30.3 Å². The molecule has 22 heavy (non-hydrogen) atoms. The van der Waals surface area contributed by atoms with E-state index in [9.17, 15) is 0 Å². The van der Waals surface area contributed by atoms with Gasteiger partial charge in [-0.05, 0) is 0 Å². The van der Waals surface area contributed by atoms with Crippen molar-refractivity contribution in [1.82, 2.24) is 0 Å². The van der Waals surface area contributed by atoms with Crippen LogP contribution in [0.15, 0.2) is 30.3 Å². The molecule has 0 aliphatic carbocycles. The van der Waals surface area contributed by atoms with Crippen molar-refractivity contribution in [2.45, 2.75) is 37.0 Å². The molecule has 2 heterocycles. The summed E-state index contributed by atoms with van der Waals surface area (Å²) in [5.74, 6) is 0. The molecule has 3 rings (SSSR count). The Morgan fingerprint density at radius 2 is 1.64 bits per heavy atom. The van der Waals surface area contributed by atoms with Crippen LogP contribution in [-0.4, -0.2) is 58.6 Å². The van der Waals surface area contributed by atoms with E-state index in [-0.39, 0.29) is 24.4 Å². The Hall–Kier alpha value is -1.02. The van der Waals surface area contributed by atoms with Crippen molar-refractivity contribution in [2.24, 2.45) is 0 Å². The van der Waals surface area contributed by atoms with Gasteiger partial charge >= 0.3 is 0 Å². The van der Waals surface area contributed by atoms with Crippen LogP contribution in [0.2, 0.25) is 0 Å². The van der Waals surface area contributed by atoms with Gasteiger partial charge in [-0.25, -0.2) is 0 Å². The lowest BCUT2D eigenvalue weighted by Gasteiger charge is -2.48. The molecule has 6 atom stereocenters. The summed E-state index contributed by atoms with van der Waals surface area (Å²) in [7, 11) is 4.84. The summed E-state index contributed by atoms with van der Waals surface area (Å²) < 4.78 is 34.2. The first-order valence-electron chi connectivity index (χ1n) is 7.34. The Kier molecular flexibility index (Phi) is 5.07. The Bertz CT molecular complexity index is 467.